The van der Waals surface area contributed by atoms with Gasteiger partial charge < -0.3 is 4.40 Å². The van der Waals surface area contributed by atoms with Crippen molar-refractivity contribution in [3.63, 3.8) is 0 Å². The number of pyridine rings is 1. The summed E-state index contributed by atoms with van der Waals surface area (Å²) in [4.78, 5) is 0. The van der Waals surface area contributed by atoms with Gasteiger partial charge in [0.05, 0.1) is 5.52 Å². The summed E-state index contributed by atoms with van der Waals surface area (Å²) in [6.07, 6.45) is 4.27. The Balaban J connectivity index is 2.35. The summed E-state index contributed by atoms with van der Waals surface area (Å²) in [6.45, 7) is 2.16. The highest BCUT2D eigenvalue weighted by molar-refractivity contribution is 5.83. The molecule has 3 rings (SSSR count). The molecule has 3 aromatic rings. The van der Waals surface area contributed by atoms with Gasteiger partial charge in [0.25, 0.3) is 0 Å². The minimum atomic E-state index is 1.27. The van der Waals surface area contributed by atoms with Crippen LogP contribution in [0.25, 0.3) is 16.6 Å². The van der Waals surface area contributed by atoms with Crippen molar-refractivity contribution in [2.45, 2.75) is 6.92 Å². The highest BCUT2D eigenvalue weighted by atomic mass is 14.9. The lowest BCUT2D eigenvalue weighted by Crippen LogP contribution is -1.80. The predicted molar refractivity (Wildman–Crippen MR) is 67.6 cm³/mol. The van der Waals surface area contributed by atoms with Gasteiger partial charge >= 0.3 is 0 Å². The zero-order valence-corrected chi connectivity index (χ0v) is 9.22. The van der Waals surface area contributed by atoms with Gasteiger partial charge in [-0.1, -0.05) is 36.4 Å². The highest BCUT2D eigenvalue weighted by Crippen LogP contribution is 2.29. The van der Waals surface area contributed by atoms with Gasteiger partial charge in [0.2, 0.25) is 0 Å². The first-order valence-corrected chi connectivity index (χ1v) is 5.48. The molecule has 0 amide bonds. The second kappa shape index (κ2) is 3.53. The van der Waals surface area contributed by atoms with Crippen LogP contribution in [0.1, 0.15) is 5.56 Å². The van der Waals surface area contributed by atoms with Crippen molar-refractivity contribution >= 4 is 5.52 Å². The van der Waals surface area contributed by atoms with Crippen molar-refractivity contribution in [3.05, 3.63) is 66.5 Å². The maximum atomic E-state index is 2.18. The Morgan fingerprint density at radius 3 is 2.44 bits per heavy atom. The first kappa shape index (κ1) is 9.22. The summed E-state index contributed by atoms with van der Waals surface area (Å²) in [5, 5.41) is 0. The number of rotatable bonds is 1. The SMILES string of the molecule is Cc1cn2ccccc2c1-c1ccccc1. The fourth-order valence-electron chi connectivity index (χ4n) is 2.24. The van der Waals surface area contributed by atoms with Crippen molar-refractivity contribution in [1.82, 2.24) is 4.40 Å². The Morgan fingerprint density at radius 1 is 0.875 bits per heavy atom. The van der Waals surface area contributed by atoms with Crippen LogP contribution in [-0.4, -0.2) is 4.40 Å². The minimum absolute atomic E-state index is 1.27. The van der Waals surface area contributed by atoms with Crippen LogP contribution in [0.3, 0.4) is 0 Å². The molecule has 0 aliphatic heterocycles. The Kier molecular flexibility index (Phi) is 2.03. The Labute approximate surface area is 95.0 Å². The summed E-state index contributed by atoms with van der Waals surface area (Å²) >= 11 is 0. The van der Waals surface area contributed by atoms with Crippen molar-refractivity contribution in [3.8, 4) is 11.1 Å². The van der Waals surface area contributed by atoms with E-state index in [0.29, 0.717) is 0 Å². The number of fused-ring (bicyclic) bond motifs is 1. The standard InChI is InChI=1S/C15H13N/c1-12-11-16-10-6-5-9-14(16)15(12)13-7-3-2-4-8-13/h2-11H,1H3. The zero-order valence-electron chi connectivity index (χ0n) is 9.22. The third kappa shape index (κ3) is 1.33. The molecular weight excluding hydrogens is 194 g/mol. The van der Waals surface area contributed by atoms with E-state index < -0.39 is 0 Å². The maximum Gasteiger partial charge on any atom is 0.0531 e. The van der Waals surface area contributed by atoms with E-state index >= 15 is 0 Å². The topological polar surface area (TPSA) is 4.41 Å². The Morgan fingerprint density at radius 2 is 1.62 bits per heavy atom. The predicted octanol–water partition coefficient (Wildman–Crippen LogP) is 3.91. The number of nitrogens with zero attached hydrogens (tertiary/aromatic N) is 1. The zero-order chi connectivity index (χ0) is 11.0. The third-order valence-corrected chi connectivity index (χ3v) is 2.94. The smallest absolute Gasteiger partial charge is 0.0531 e. The van der Waals surface area contributed by atoms with E-state index in [9.17, 15) is 0 Å². The number of hydrogen-bond donors (Lipinski definition) is 0. The van der Waals surface area contributed by atoms with Crippen molar-refractivity contribution < 1.29 is 0 Å². The van der Waals surface area contributed by atoms with E-state index in [2.05, 4.69) is 72.2 Å². The Bertz CT molecular complexity index is 620. The number of aryl methyl sites for hydroxylation is 1. The van der Waals surface area contributed by atoms with E-state index in [0.717, 1.165) is 0 Å². The molecule has 1 aromatic carbocycles. The van der Waals surface area contributed by atoms with Gasteiger partial charge in [0.15, 0.2) is 0 Å². The van der Waals surface area contributed by atoms with Crippen LogP contribution in [-0.2, 0) is 0 Å². The quantitative estimate of drug-likeness (QED) is 0.569. The second-order valence-corrected chi connectivity index (χ2v) is 4.05. The summed E-state index contributed by atoms with van der Waals surface area (Å²) in [6, 6.07) is 16.8. The molecule has 0 spiro atoms. The van der Waals surface area contributed by atoms with Crippen molar-refractivity contribution in [2.75, 3.05) is 0 Å². The molecule has 0 bridgehead atoms. The van der Waals surface area contributed by atoms with Crippen molar-refractivity contribution in [2.24, 2.45) is 0 Å². The van der Waals surface area contributed by atoms with Gasteiger partial charge in [-0.05, 0) is 30.2 Å². The molecule has 0 saturated carbocycles. The van der Waals surface area contributed by atoms with Crippen LogP contribution in [0.5, 0.6) is 0 Å². The van der Waals surface area contributed by atoms with Crippen LogP contribution >= 0.6 is 0 Å². The van der Waals surface area contributed by atoms with E-state index in [1.807, 2.05) is 0 Å². The Hall–Kier alpha value is -2.02. The van der Waals surface area contributed by atoms with E-state index in [4.69, 9.17) is 0 Å². The third-order valence-electron chi connectivity index (χ3n) is 2.94. The average Bonchev–Trinajstić information content (AvgIpc) is 2.66. The van der Waals surface area contributed by atoms with Crippen LogP contribution < -0.4 is 0 Å². The monoisotopic (exact) mass is 207 g/mol. The molecule has 0 aliphatic carbocycles. The van der Waals surface area contributed by atoms with Gasteiger partial charge in [-0.15, -0.1) is 0 Å². The summed E-state index contributed by atoms with van der Waals surface area (Å²) in [5.41, 5.74) is 5.21. The lowest BCUT2D eigenvalue weighted by Gasteiger charge is -2.01. The molecule has 16 heavy (non-hydrogen) atoms. The molecule has 1 nitrogen and oxygen atoms in total. The molecule has 2 heterocycles. The van der Waals surface area contributed by atoms with Gasteiger partial charge in [-0.3, -0.25) is 0 Å². The van der Waals surface area contributed by atoms with Crippen LogP contribution in [0.4, 0.5) is 0 Å². The summed E-state index contributed by atoms with van der Waals surface area (Å²) < 4.78 is 2.18. The average molecular weight is 207 g/mol. The lowest BCUT2D eigenvalue weighted by molar-refractivity contribution is 1.19. The van der Waals surface area contributed by atoms with Gasteiger partial charge in [0.1, 0.15) is 0 Å². The largest absolute Gasteiger partial charge is 0.323 e. The maximum absolute atomic E-state index is 2.18. The molecule has 0 saturated heterocycles. The molecule has 0 aliphatic rings. The lowest BCUT2D eigenvalue weighted by atomic mass is 10.0. The number of hydrogen-bond acceptors (Lipinski definition) is 0. The highest BCUT2D eigenvalue weighted by Gasteiger charge is 2.07. The number of aromatic nitrogens is 1. The first-order valence-electron chi connectivity index (χ1n) is 5.48. The van der Waals surface area contributed by atoms with E-state index in [1.54, 1.807) is 0 Å². The summed E-state index contributed by atoms with van der Waals surface area (Å²) in [5.74, 6) is 0. The van der Waals surface area contributed by atoms with E-state index in [1.165, 1.54) is 22.2 Å². The fourth-order valence-corrected chi connectivity index (χ4v) is 2.24. The van der Waals surface area contributed by atoms with Crippen LogP contribution in [0.15, 0.2) is 60.9 Å². The summed E-state index contributed by atoms with van der Waals surface area (Å²) in [7, 11) is 0. The van der Waals surface area contributed by atoms with Gasteiger partial charge in [-0.25, -0.2) is 0 Å². The fraction of sp³-hybridized carbons (Fsp3) is 0.0667. The van der Waals surface area contributed by atoms with Crippen molar-refractivity contribution in [1.29, 1.82) is 0 Å². The van der Waals surface area contributed by atoms with Gasteiger partial charge in [0, 0.05) is 18.0 Å². The molecule has 0 radical (unpaired) electrons. The van der Waals surface area contributed by atoms with Gasteiger partial charge in [-0.2, -0.15) is 0 Å². The molecule has 78 valence electrons. The van der Waals surface area contributed by atoms with Crippen LogP contribution in [0.2, 0.25) is 0 Å². The molecule has 0 fully saturated rings. The molecule has 0 atom stereocenters. The second-order valence-electron chi connectivity index (χ2n) is 4.05. The van der Waals surface area contributed by atoms with E-state index in [-0.39, 0.29) is 0 Å². The molecule has 1 heteroatoms. The minimum Gasteiger partial charge on any atom is -0.323 e. The normalized spacial score (nSPS) is 10.8. The first-order chi connectivity index (χ1) is 7.86. The molecule has 2 aromatic heterocycles. The molecule has 0 unspecified atom stereocenters. The molecule has 0 N–H and O–H groups in total. The molecular formula is C15H13N. The van der Waals surface area contributed by atoms with Crippen LogP contribution in [0, 0.1) is 6.92 Å². The number of benzene rings is 1.